The Morgan fingerprint density at radius 3 is 1.89 bits per heavy atom. The average Bonchev–Trinajstić information content (AvgIpc) is 2.79. The maximum Gasteiger partial charge on any atom is 0.416 e. The minimum Gasteiger partial charge on any atom is -0.483 e. The number of rotatable bonds is 7. The first-order chi connectivity index (χ1) is 17.5. The number of hydrogen-bond donors (Lipinski definition) is 2. The van der Waals surface area contributed by atoms with Gasteiger partial charge in [-0.1, -0.05) is 6.07 Å². The molecule has 6 nitrogen and oxygen atoms in total. The van der Waals surface area contributed by atoms with Crippen LogP contribution in [-0.4, -0.2) is 20.9 Å². The number of nitrogens with one attached hydrogen (secondary N) is 2. The molecule has 0 aliphatic rings. The van der Waals surface area contributed by atoms with Crippen LogP contribution in [0.1, 0.15) is 27.8 Å². The van der Waals surface area contributed by atoms with Crippen molar-refractivity contribution in [3.05, 3.63) is 82.4 Å². The Bertz CT molecular complexity index is 1440. The van der Waals surface area contributed by atoms with E-state index in [2.05, 4.69) is 4.72 Å². The minimum absolute atomic E-state index is 0.0556. The molecule has 0 saturated heterocycles. The van der Waals surface area contributed by atoms with Crippen LogP contribution in [0.3, 0.4) is 0 Å². The number of amides is 1. The second kappa shape index (κ2) is 10.6. The van der Waals surface area contributed by atoms with Gasteiger partial charge in [-0.2, -0.15) is 26.3 Å². The Morgan fingerprint density at radius 2 is 1.37 bits per heavy atom. The second-order valence-electron chi connectivity index (χ2n) is 8.46. The van der Waals surface area contributed by atoms with E-state index in [0.717, 1.165) is 11.1 Å². The van der Waals surface area contributed by atoms with E-state index in [9.17, 15) is 39.6 Å². The van der Waals surface area contributed by atoms with Crippen molar-refractivity contribution >= 4 is 27.3 Å². The first kappa shape index (κ1) is 28.8. The molecule has 0 aliphatic carbocycles. The van der Waals surface area contributed by atoms with Gasteiger partial charge in [0.2, 0.25) is 0 Å². The Labute approximate surface area is 214 Å². The van der Waals surface area contributed by atoms with Gasteiger partial charge in [0.15, 0.2) is 6.61 Å². The molecule has 0 heterocycles. The Kier molecular flexibility index (Phi) is 8.01. The highest BCUT2D eigenvalue weighted by Crippen LogP contribution is 2.37. The molecule has 0 unspecified atom stereocenters. The Morgan fingerprint density at radius 1 is 0.763 bits per heavy atom. The third-order valence-electron chi connectivity index (χ3n) is 5.45. The fourth-order valence-corrected chi connectivity index (χ4v) is 4.47. The van der Waals surface area contributed by atoms with Crippen molar-refractivity contribution < 1.29 is 44.3 Å². The molecular formula is C25H22F6N2O4S. The second-order valence-corrected chi connectivity index (χ2v) is 10.1. The summed E-state index contributed by atoms with van der Waals surface area (Å²) in [5.41, 5.74) is -1.30. The first-order valence-electron chi connectivity index (χ1n) is 10.9. The highest BCUT2D eigenvalue weighted by atomic mass is 32.2. The zero-order valence-corrected chi connectivity index (χ0v) is 21.0. The smallest absolute Gasteiger partial charge is 0.416 e. The van der Waals surface area contributed by atoms with Gasteiger partial charge >= 0.3 is 12.4 Å². The maximum atomic E-state index is 13.0. The third kappa shape index (κ3) is 7.18. The lowest BCUT2D eigenvalue weighted by atomic mass is 10.1. The largest absolute Gasteiger partial charge is 0.483 e. The molecule has 0 radical (unpaired) electrons. The average molecular weight is 561 g/mol. The first-order valence-corrected chi connectivity index (χ1v) is 12.4. The number of ether oxygens (including phenoxy) is 1. The molecule has 3 aromatic carbocycles. The molecule has 204 valence electrons. The molecule has 2 N–H and O–H groups in total. The van der Waals surface area contributed by atoms with Gasteiger partial charge in [-0.25, -0.2) is 8.42 Å². The van der Waals surface area contributed by atoms with E-state index in [1.807, 2.05) is 19.2 Å². The summed E-state index contributed by atoms with van der Waals surface area (Å²) in [6, 6.07) is 9.56. The summed E-state index contributed by atoms with van der Waals surface area (Å²) >= 11 is 0. The summed E-state index contributed by atoms with van der Waals surface area (Å²) < 4.78 is 111. The molecule has 0 atom stereocenters. The highest BCUT2D eigenvalue weighted by Gasteiger charge is 2.37. The summed E-state index contributed by atoms with van der Waals surface area (Å²) in [4.78, 5) is 12.1. The predicted molar refractivity (Wildman–Crippen MR) is 128 cm³/mol. The zero-order chi connectivity index (χ0) is 28.5. The van der Waals surface area contributed by atoms with Gasteiger partial charge < -0.3 is 10.1 Å². The molecule has 3 rings (SSSR count). The molecule has 0 saturated carbocycles. The van der Waals surface area contributed by atoms with Crippen LogP contribution >= 0.6 is 0 Å². The molecule has 13 heteroatoms. The van der Waals surface area contributed by atoms with Crippen molar-refractivity contribution in [2.45, 2.75) is 38.0 Å². The molecule has 0 spiro atoms. The van der Waals surface area contributed by atoms with E-state index in [1.165, 1.54) is 25.1 Å². The zero-order valence-electron chi connectivity index (χ0n) is 20.2. The normalized spacial score (nSPS) is 12.2. The quantitative estimate of drug-likeness (QED) is 0.325. The topological polar surface area (TPSA) is 84.5 Å². The van der Waals surface area contributed by atoms with E-state index >= 15 is 0 Å². The summed E-state index contributed by atoms with van der Waals surface area (Å²) in [5.74, 6) is -0.935. The number of benzene rings is 3. The van der Waals surface area contributed by atoms with Crippen molar-refractivity contribution in [2.24, 2.45) is 0 Å². The monoisotopic (exact) mass is 560 g/mol. The van der Waals surface area contributed by atoms with Crippen LogP contribution in [0.2, 0.25) is 0 Å². The van der Waals surface area contributed by atoms with Crippen molar-refractivity contribution in [1.82, 2.24) is 0 Å². The Balaban J connectivity index is 1.71. The number of hydrogen-bond acceptors (Lipinski definition) is 4. The summed E-state index contributed by atoms with van der Waals surface area (Å²) in [7, 11) is -3.96. The van der Waals surface area contributed by atoms with Gasteiger partial charge in [-0.3, -0.25) is 9.52 Å². The highest BCUT2D eigenvalue weighted by molar-refractivity contribution is 7.92. The fraction of sp³-hybridized carbons (Fsp3) is 0.240. The number of alkyl halides is 6. The van der Waals surface area contributed by atoms with E-state index in [-0.39, 0.29) is 16.7 Å². The summed E-state index contributed by atoms with van der Waals surface area (Å²) in [5, 5.41) is 1.96. The molecule has 38 heavy (non-hydrogen) atoms. The van der Waals surface area contributed by atoms with E-state index in [1.54, 1.807) is 18.2 Å². The molecule has 1 amide bonds. The summed E-state index contributed by atoms with van der Waals surface area (Å²) in [6.45, 7) is 4.47. The van der Waals surface area contributed by atoms with Gasteiger partial charge in [0.1, 0.15) is 5.75 Å². The number of carbonyl (C=O) groups is 1. The van der Waals surface area contributed by atoms with Crippen LogP contribution in [0.15, 0.2) is 59.5 Å². The van der Waals surface area contributed by atoms with Gasteiger partial charge in [0, 0.05) is 11.4 Å². The summed E-state index contributed by atoms with van der Waals surface area (Å²) in [6.07, 6.45) is -10.1. The van der Waals surface area contributed by atoms with Gasteiger partial charge in [-0.15, -0.1) is 0 Å². The molecule has 0 fully saturated rings. The number of halogens is 6. The lowest BCUT2D eigenvalue weighted by Gasteiger charge is -2.15. The minimum atomic E-state index is -5.07. The van der Waals surface area contributed by atoms with Crippen LogP contribution in [0, 0.1) is 20.8 Å². The van der Waals surface area contributed by atoms with Crippen LogP contribution in [0.5, 0.6) is 5.75 Å². The third-order valence-corrected chi connectivity index (χ3v) is 6.82. The number of anilines is 2. The molecular weight excluding hydrogens is 538 g/mol. The van der Waals surface area contributed by atoms with Gasteiger partial charge in [-0.05, 0) is 86.0 Å². The number of aryl methyl sites for hydroxylation is 3. The van der Waals surface area contributed by atoms with Gasteiger partial charge in [0.05, 0.1) is 16.0 Å². The van der Waals surface area contributed by atoms with E-state index in [4.69, 9.17) is 4.74 Å². The number of carbonyl (C=O) groups excluding carboxylic acids is 1. The van der Waals surface area contributed by atoms with Crippen molar-refractivity contribution in [1.29, 1.82) is 0 Å². The number of sulfonamides is 1. The van der Waals surface area contributed by atoms with Crippen LogP contribution in [0.25, 0.3) is 0 Å². The molecule has 3 aromatic rings. The SMILES string of the molecule is Cc1ccc(NS(=O)(=O)c2ccc(OCC(=O)Nc3cc(C(F)(F)F)cc(C(F)(F)F)c3)c(C)c2)cc1C. The standard InChI is InChI=1S/C25H22F6N2O4S/c1-14-4-5-19(8-15(14)2)33-38(35,36)21-6-7-22(16(3)9-21)37-13-23(34)32-20-11-17(24(26,27)28)10-18(12-20)25(29,30)31/h4-12,33H,13H2,1-3H3,(H,32,34). The van der Waals surface area contributed by atoms with Crippen molar-refractivity contribution in [2.75, 3.05) is 16.6 Å². The lowest BCUT2D eigenvalue weighted by molar-refractivity contribution is -0.143. The van der Waals surface area contributed by atoms with Crippen molar-refractivity contribution in [3.63, 3.8) is 0 Å². The van der Waals surface area contributed by atoms with Gasteiger partial charge in [0.25, 0.3) is 15.9 Å². The fourth-order valence-electron chi connectivity index (χ4n) is 3.34. The lowest BCUT2D eigenvalue weighted by Crippen LogP contribution is -2.21. The maximum absolute atomic E-state index is 13.0. The molecule has 0 aliphatic heterocycles. The molecule has 0 bridgehead atoms. The molecule has 0 aromatic heterocycles. The van der Waals surface area contributed by atoms with Crippen LogP contribution in [0.4, 0.5) is 37.7 Å². The van der Waals surface area contributed by atoms with E-state index < -0.39 is 51.7 Å². The van der Waals surface area contributed by atoms with Crippen molar-refractivity contribution in [3.8, 4) is 5.75 Å². The Hall–Kier alpha value is -3.74. The van der Waals surface area contributed by atoms with E-state index in [0.29, 0.717) is 23.4 Å². The van der Waals surface area contributed by atoms with Crippen LogP contribution < -0.4 is 14.8 Å². The predicted octanol–water partition coefficient (Wildman–Crippen LogP) is 6.47. The van der Waals surface area contributed by atoms with Crippen LogP contribution in [-0.2, 0) is 27.2 Å².